The minimum Gasteiger partial charge on any atom is -0.450 e. The number of ether oxygens (including phenoxy) is 2. The van der Waals surface area contributed by atoms with Gasteiger partial charge in [-0.3, -0.25) is 19.3 Å². The van der Waals surface area contributed by atoms with Gasteiger partial charge in [-0.2, -0.15) is 0 Å². The third-order valence-corrected chi connectivity index (χ3v) is 13.5. The first-order chi connectivity index (χ1) is 25.0. The summed E-state index contributed by atoms with van der Waals surface area (Å²) in [6.07, 6.45) is 9.28. The molecule has 0 aromatic heterocycles. The molecule has 1 aromatic carbocycles. The lowest BCUT2D eigenvalue weighted by Gasteiger charge is -2.37. The van der Waals surface area contributed by atoms with Crippen LogP contribution in [0.1, 0.15) is 87.8 Å². The summed E-state index contributed by atoms with van der Waals surface area (Å²) in [5, 5.41) is 4.90. The van der Waals surface area contributed by atoms with Gasteiger partial charge in [-0.25, -0.2) is 22.3 Å². The number of carbonyl (C=O) groups is 5. The van der Waals surface area contributed by atoms with Crippen molar-refractivity contribution < 1.29 is 41.9 Å². The maximum Gasteiger partial charge on any atom is 0.410 e. The van der Waals surface area contributed by atoms with Crippen molar-refractivity contribution in [1.29, 1.82) is 0 Å². The standard InChI is InChI=1S/C37H47N5O9S/c1-3-5-15-29-33(44)41-21-25(19-30(41)32(43)39-37-28(4-2)31(37)42(34(37)45)52(48,49)26-16-17-26)51-36(47)40-20-24-14-11-13-23(27(24)22-40)12-9-7-6-8-10-18-50-35(46)38-29/h4,9,11-14,25-26,28-31H,2-3,5-8,10,15-22H2,1H3,(H,38,46)(H,39,43)/b12-9+/t25-,28?,29+,30+,31-,37+/m1/s1. The number of hydrogen-bond donors (Lipinski definition) is 2. The van der Waals surface area contributed by atoms with Crippen molar-refractivity contribution in [2.45, 2.75) is 119 Å². The third-order valence-electron chi connectivity index (χ3n) is 11.2. The van der Waals surface area contributed by atoms with E-state index >= 15 is 0 Å². The molecular weight excluding hydrogens is 690 g/mol. The number of unbranched alkanes of at least 4 members (excludes halogenated alkanes) is 1. The smallest absolute Gasteiger partial charge is 0.410 e. The first-order valence-corrected chi connectivity index (χ1v) is 20.0. The van der Waals surface area contributed by atoms with Crippen molar-refractivity contribution in [2.24, 2.45) is 5.92 Å². The quantitative estimate of drug-likeness (QED) is 0.300. The monoisotopic (exact) mass is 737 g/mol. The summed E-state index contributed by atoms with van der Waals surface area (Å²) in [6, 6.07) is 3.00. The molecule has 6 aliphatic rings. The van der Waals surface area contributed by atoms with E-state index in [-0.39, 0.29) is 26.0 Å². The number of rotatable bonds is 8. The predicted molar refractivity (Wildman–Crippen MR) is 189 cm³/mol. The fourth-order valence-corrected chi connectivity index (χ4v) is 10.2. The van der Waals surface area contributed by atoms with Crippen LogP contribution in [0.2, 0.25) is 0 Å². The molecule has 5 amide bonds. The van der Waals surface area contributed by atoms with Crippen LogP contribution < -0.4 is 10.6 Å². The molecule has 2 saturated heterocycles. The zero-order chi connectivity index (χ0) is 36.8. The molecule has 4 aliphatic heterocycles. The number of benzene rings is 1. The number of carbonyl (C=O) groups excluding carboxylic acids is 5. The van der Waals surface area contributed by atoms with Crippen molar-refractivity contribution in [3.05, 3.63) is 53.6 Å². The number of alkyl carbamates (subject to hydrolysis) is 1. The third kappa shape index (κ3) is 6.45. The lowest BCUT2D eigenvalue weighted by Crippen LogP contribution is -2.68. The lowest BCUT2D eigenvalue weighted by molar-refractivity contribution is -0.144. The summed E-state index contributed by atoms with van der Waals surface area (Å²) in [5.41, 5.74) is 1.61. The summed E-state index contributed by atoms with van der Waals surface area (Å²) < 4.78 is 38.3. The number of amides is 5. The van der Waals surface area contributed by atoms with Gasteiger partial charge in [0.15, 0.2) is 5.54 Å². The van der Waals surface area contributed by atoms with Gasteiger partial charge in [-0.05, 0) is 61.6 Å². The van der Waals surface area contributed by atoms with Gasteiger partial charge in [-0.15, -0.1) is 6.58 Å². The Bertz CT molecular complexity index is 1790. The molecule has 2 N–H and O–H groups in total. The molecule has 15 heteroatoms. The van der Waals surface area contributed by atoms with Crippen LogP contribution in [0, 0.1) is 5.92 Å². The number of allylic oxidation sites excluding steroid dienone is 1. The summed E-state index contributed by atoms with van der Waals surface area (Å²) in [4.78, 5) is 71.3. The maximum absolute atomic E-state index is 14.3. The highest BCUT2D eigenvalue weighted by molar-refractivity contribution is 7.90. The number of sulfonamides is 1. The number of nitrogens with one attached hydrogen (secondary N) is 2. The Balaban J connectivity index is 1.13. The largest absolute Gasteiger partial charge is 0.450 e. The number of β-lactam (4-membered cyclic amide) rings is 1. The van der Waals surface area contributed by atoms with Crippen LogP contribution in [0.5, 0.6) is 0 Å². The molecular formula is C37H47N5O9S. The van der Waals surface area contributed by atoms with E-state index in [9.17, 15) is 32.4 Å². The molecule has 280 valence electrons. The average Bonchev–Trinajstić information content (AvgIpc) is 3.95. The zero-order valence-electron chi connectivity index (χ0n) is 29.5. The summed E-state index contributed by atoms with van der Waals surface area (Å²) >= 11 is 0. The normalized spacial score (nSPS) is 31.3. The Labute approximate surface area is 304 Å². The molecule has 2 aliphatic carbocycles. The number of hydrogen-bond acceptors (Lipinski definition) is 9. The zero-order valence-corrected chi connectivity index (χ0v) is 30.3. The van der Waals surface area contributed by atoms with Crippen LogP contribution in [-0.4, -0.2) is 101 Å². The van der Waals surface area contributed by atoms with E-state index in [2.05, 4.69) is 29.4 Å². The van der Waals surface area contributed by atoms with Crippen molar-refractivity contribution in [3.63, 3.8) is 0 Å². The molecule has 1 unspecified atom stereocenters. The van der Waals surface area contributed by atoms with Crippen molar-refractivity contribution >= 4 is 46.0 Å². The van der Waals surface area contributed by atoms with Crippen LogP contribution in [0.4, 0.5) is 9.59 Å². The van der Waals surface area contributed by atoms with Crippen LogP contribution >= 0.6 is 0 Å². The molecule has 1 aromatic rings. The number of nitrogens with zero attached hydrogens (tertiary/aromatic N) is 3. The Hall–Kier alpha value is -4.40. The van der Waals surface area contributed by atoms with E-state index in [1.807, 2.05) is 25.1 Å². The Kier molecular flexibility index (Phi) is 9.83. The van der Waals surface area contributed by atoms with Crippen molar-refractivity contribution in [3.8, 4) is 0 Å². The highest BCUT2D eigenvalue weighted by Gasteiger charge is 2.85. The second kappa shape index (κ2) is 14.2. The van der Waals surface area contributed by atoms with Gasteiger partial charge in [0, 0.05) is 18.9 Å². The molecule has 52 heavy (non-hydrogen) atoms. The van der Waals surface area contributed by atoms with Gasteiger partial charge in [0.1, 0.15) is 18.2 Å². The first kappa shape index (κ1) is 36.0. The van der Waals surface area contributed by atoms with E-state index in [1.54, 1.807) is 4.90 Å². The molecule has 7 rings (SSSR count). The summed E-state index contributed by atoms with van der Waals surface area (Å²) in [7, 11) is -3.84. The second-order valence-corrected chi connectivity index (χ2v) is 16.8. The molecule has 14 nitrogen and oxygen atoms in total. The van der Waals surface area contributed by atoms with Crippen molar-refractivity contribution in [2.75, 3.05) is 13.2 Å². The molecule has 4 heterocycles. The van der Waals surface area contributed by atoms with Gasteiger partial charge in [0.25, 0.3) is 5.91 Å². The van der Waals surface area contributed by atoms with E-state index in [0.717, 1.165) is 46.7 Å². The van der Waals surface area contributed by atoms with Crippen LogP contribution in [0.25, 0.3) is 6.08 Å². The minimum atomic E-state index is -3.84. The van der Waals surface area contributed by atoms with Crippen LogP contribution in [0.15, 0.2) is 36.9 Å². The fourth-order valence-electron chi connectivity index (χ4n) is 8.14. The van der Waals surface area contributed by atoms with Crippen LogP contribution in [0.3, 0.4) is 0 Å². The van der Waals surface area contributed by atoms with Gasteiger partial charge in [-0.1, -0.05) is 56.2 Å². The fraction of sp³-hybridized carbons (Fsp3) is 0.595. The summed E-state index contributed by atoms with van der Waals surface area (Å²) in [6.45, 7) is 6.52. The average molecular weight is 738 g/mol. The lowest BCUT2D eigenvalue weighted by atomic mass is 10.0. The van der Waals surface area contributed by atoms with E-state index < -0.39 is 80.9 Å². The van der Waals surface area contributed by atoms with Gasteiger partial charge in [0.05, 0.1) is 31.0 Å². The Morgan fingerprint density at radius 2 is 1.94 bits per heavy atom. The maximum atomic E-state index is 14.3. The highest BCUT2D eigenvalue weighted by atomic mass is 32.2. The number of cyclic esters (lactones) is 1. The molecule has 0 radical (unpaired) electrons. The van der Waals surface area contributed by atoms with E-state index in [1.165, 1.54) is 11.0 Å². The topological polar surface area (TPSA) is 172 Å². The van der Waals surface area contributed by atoms with Gasteiger partial charge < -0.3 is 25.0 Å². The van der Waals surface area contributed by atoms with Gasteiger partial charge >= 0.3 is 12.2 Å². The van der Waals surface area contributed by atoms with Crippen LogP contribution in [-0.2, 0) is 47.0 Å². The van der Waals surface area contributed by atoms with Crippen molar-refractivity contribution in [1.82, 2.24) is 24.7 Å². The van der Waals surface area contributed by atoms with E-state index in [4.69, 9.17) is 9.47 Å². The Morgan fingerprint density at radius 1 is 1.13 bits per heavy atom. The SMILES string of the molecule is C=CC1[C@H]2N(S(=O)(=O)C3CC3)C(=O)[C@]12NC(=O)[C@@H]1C[C@@H]2CN1C(=O)[C@H](CCCC)NC(=O)OCCCCC/C=C/c1cccc3c1CN(C3)C(=O)O2. The molecule has 6 atom stereocenters. The molecule has 0 spiro atoms. The first-order valence-electron chi connectivity index (χ1n) is 18.5. The molecule has 4 fully saturated rings. The summed E-state index contributed by atoms with van der Waals surface area (Å²) in [5.74, 6) is -2.55. The van der Waals surface area contributed by atoms with E-state index in [0.29, 0.717) is 38.8 Å². The number of fused-ring (bicyclic) bond motifs is 4. The molecule has 4 bridgehead atoms. The predicted octanol–water partition coefficient (Wildman–Crippen LogP) is 3.35. The highest BCUT2D eigenvalue weighted by Crippen LogP contribution is 2.60. The Morgan fingerprint density at radius 3 is 2.69 bits per heavy atom. The second-order valence-electron chi connectivity index (χ2n) is 14.7. The minimum absolute atomic E-state index is 0.0547. The van der Waals surface area contributed by atoms with Gasteiger partial charge in [0.2, 0.25) is 21.8 Å². The molecule has 2 saturated carbocycles.